The molecule has 0 radical (unpaired) electrons. The van der Waals surface area contributed by atoms with Crippen molar-refractivity contribution in [2.24, 2.45) is 5.10 Å². The number of hydrogen-bond donors (Lipinski definition) is 0. The second-order valence-corrected chi connectivity index (χ2v) is 6.06. The molecule has 1 aliphatic heterocycles. The van der Waals surface area contributed by atoms with Crippen molar-refractivity contribution in [3.05, 3.63) is 69.7 Å². The van der Waals surface area contributed by atoms with E-state index < -0.39 is 0 Å². The van der Waals surface area contributed by atoms with Gasteiger partial charge < -0.3 is 0 Å². The second-order valence-electron chi connectivity index (χ2n) is 5.19. The first kappa shape index (κ1) is 15.1. The summed E-state index contributed by atoms with van der Waals surface area (Å²) in [6.45, 7) is 1.53. The summed E-state index contributed by atoms with van der Waals surface area (Å²) in [5.41, 5.74) is 2.88. The van der Waals surface area contributed by atoms with Crippen LogP contribution in [0.25, 0.3) is 0 Å². The van der Waals surface area contributed by atoms with Gasteiger partial charge in [-0.2, -0.15) is 5.10 Å². The predicted molar refractivity (Wildman–Crippen MR) is 89.3 cm³/mol. The minimum Gasteiger partial charge on any atom is -0.273 e. The van der Waals surface area contributed by atoms with Gasteiger partial charge in [0.05, 0.1) is 11.8 Å². The fourth-order valence-electron chi connectivity index (χ4n) is 2.56. The molecule has 5 heteroatoms. The lowest BCUT2D eigenvalue weighted by atomic mass is 9.98. The third kappa shape index (κ3) is 3.01. The van der Waals surface area contributed by atoms with Crippen LogP contribution in [-0.4, -0.2) is 16.6 Å². The number of hydrogen-bond acceptors (Lipinski definition) is 2. The zero-order valence-electron chi connectivity index (χ0n) is 12.0. The van der Waals surface area contributed by atoms with Gasteiger partial charge in [0.1, 0.15) is 0 Å². The highest BCUT2D eigenvalue weighted by Gasteiger charge is 2.31. The Morgan fingerprint density at radius 3 is 2.14 bits per heavy atom. The normalized spacial score (nSPS) is 17.5. The lowest BCUT2D eigenvalue weighted by molar-refractivity contribution is -0.130. The monoisotopic (exact) mass is 332 g/mol. The number of halogens is 2. The maximum absolute atomic E-state index is 11.9. The minimum absolute atomic E-state index is 0.0797. The van der Waals surface area contributed by atoms with Gasteiger partial charge in [-0.15, -0.1) is 0 Å². The number of hydrazone groups is 1. The smallest absolute Gasteiger partial charge is 0.240 e. The molecular formula is C17H14Cl2N2O. The summed E-state index contributed by atoms with van der Waals surface area (Å²) in [7, 11) is 0. The van der Waals surface area contributed by atoms with Crippen molar-refractivity contribution in [2.75, 3.05) is 0 Å². The van der Waals surface area contributed by atoms with E-state index in [-0.39, 0.29) is 11.9 Å². The van der Waals surface area contributed by atoms with Crippen LogP contribution in [0.5, 0.6) is 0 Å². The molecule has 0 fully saturated rings. The fraction of sp³-hybridized carbons (Fsp3) is 0.176. The molecule has 2 aromatic rings. The van der Waals surface area contributed by atoms with Crippen molar-refractivity contribution >= 4 is 34.8 Å². The van der Waals surface area contributed by atoms with Crippen LogP contribution in [0, 0.1) is 0 Å². The molecular weight excluding hydrogens is 319 g/mol. The van der Waals surface area contributed by atoms with Gasteiger partial charge in [0.15, 0.2) is 0 Å². The molecule has 0 aromatic heterocycles. The fourth-order valence-corrected chi connectivity index (χ4v) is 2.81. The molecule has 22 heavy (non-hydrogen) atoms. The minimum atomic E-state index is -0.0968. The molecule has 3 rings (SSSR count). The van der Waals surface area contributed by atoms with Gasteiger partial charge in [-0.3, -0.25) is 4.79 Å². The Morgan fingerprint density at radius 1 is 1.05 bits per heavy atom. The van der Waals surface area contributed by atoms with E-state index in [0.29, 0.717) is 16.5 Å². The number of carbonyl (C=O) groups is 1. The summed E-state index contributed by atoms with van der Waals surface area (Å²) in [5.74, 6) is -0.0797. The van der Waals surface area contributed by atoms with Gasteiger partial charge >= 0.3 is 0 Å². The Labute approximate surface area is 139 Å². The number of carbonyl (C=O) groups excluding carboxylic acids is 1. The summed E-state index contributed by atoms with van der Waals surface area (Å²) < 4.78 is 0. The van der Waals surface area contributed by atoms with E-state index in [2.05, 4.69) is 5.10 Å². The third-order valence-electron chi connectivity index (χ3n) is 3.67. The van der Waals surface area contributed by atoms with Crippen molar-refractivity contribution in [2.45, 2.75) is 19.4 Å². The Kier molecular flexibility index (Phi) is 4.19. The van der Waals surface area contributed by atoms with Crippen LogP contribution in [0.15, 0.2) is 53.6 Å². The molecule has 1 amide bonds. The first-order valence-electron chi connectivity index (χ1n) is 6.93. The maximum atomic E-state index is 11.9. The van der Waals surface area contributed by atoms with Crippen molar-refractivity contribution in [3.63, 3.8) is 0 Å². The molecule has 0 saturated carbocycles. The molecule has 1 aliphatic rings. The SMILES string of the molecule is CC(=O)N1N=C(c2ccc(Cl)cc2)C[C@@H]1c1ccc(Cl)cc1. The van der Waals surface area contributed by atoms with E-state index in [1.54, 1.807) is 0 Å². The molecule has 1 heterocycles. The van der Waals surface area contributed by atoms with Crippen molar-refractivity contribution in [1.82, 2.24) is 5.01 Å². The van der Waals surface area contributed by atoms with E-state index in [1.165, 1.54) is 11.9 Å². The predicted octanol–water partition coefficient (Wildman–Crippen LogP) is 4.69. The lowest BCUT2D eigenvalue weighted by Gasteiger charge is -2.20. The van der Waals surface area contributed by atoms with Gasteiger partial charge in [0, 0.05) is 23.4 Å². The summed E-state index contributed by atoms with van der Waals surface area (Å²) >= 11 is 11.9. The average Bonchev–Trinajstić information content (AvgIpc) is 2.94. The molecule has 0 N–H and O–H groups in total. The molecule has 0 aliphatic carbocycles. The molecule has 0 unspecified atom stereocenters. The second kappa shape index (κ2) is 6.11. The van der Waals surface area contributed by atoms with Gasteiger partial charge in [-0.05, 0) is 35.4 Å². The molecule has 2 aromatic carbocycles. The van der Waals surface area contributed by atoms with Gasteiger partial charge in [-0.25, -0.2) is 5.01 Å². The summed E-state index contributed by atoms with van der Waals surface area (Å²) in [4.78, 5) is 11.9. The molecule has 0 bridgehead atoms. The van der Waals surface area contributed by atoms with E-state index in [0.717, 1.165) is 16.8 Å². The van der Waals surface area contributed by atoms with Crippen LogP contribution in [0.2, 0.25) is 10.0 Å². The standard InChI is InChI=1S/C17H14Cl2N2O/c1-11(22)21-17(13-4-8-15(19)9-5-13)10-16(20-21)12-2-6-14(18)7-3-12/h2-9,17H,10H2,1H3/t17-/m1/s1. The topological polar surface area (TPSA) is 32.7 Å². The van der Waals surface area contributed by atoms with Crippen molar-refractivity contribution < 1.29 is 4.79 Å². The molecule has 0 spiro atoms. The van der Waals surface area contributed by atoms with E-state index in [9.17, 15) is 4.79 Å². The summed E-state index contributed by atoms with van der Waals surface area (Å²) in [5, 5.41) is 7.38. The average molecular weight is 333 g/mol. The number of nitrogens with zero attached hydrogens (tertiary/aromatic N) is 2. The van der Waals surface area contributed by atoms with Gasteiger partial charge in [0.2, 0.25) is 5.91 Å². The number of amides is 1. The molecule has 3 nitrogen and oxygen atoms in total. The summed E-state index contributed by atoms with van der Waals surface area (Å²) in [6, 6.07) is 14.9. The zero-order chi connectivity index (χ0) is 15.7. The number of rotatable bonds is 2. The zero-order valence-corrected chi connectivity index (χ0v) is 13.5. The largest absolute Gasteiger partial charge is 0.273 e. The summed E-state index contributed by atoms with van der Waals surface area (Å²) in [6.07, 6.45) is 0.669. The highest BCUT2D eigenvalue weighted by Crippen LogP contribution is 2.33. The Hall–Kier alpha value is -1.84. The highest BCUT2D eigenvalue weighted by molar-refractivity contribution is 6.31. The quantitative estimate of drug-likeness (QED) is 0.785. The van der Waals surface area contributed by atoms with Crippen LogP contribution in [0.4, 0.5) is 0 Å². The van der Waals surface area contributed by atoms with Crippen LogP contribution in [-0.2, 0) is 4.79 Å². The maximum Gasteiger partial charge on any atom is 0.240 e. The number of benzene rings is 2. The van der Waals surface area contributed by atoms with Crippen LogP contribution >= 0.6 is 23.2 Å². The lowest BCUT2D eigenvalue weighted by Crippen LogP contribution is -2.24. The van der Waals surface area contributed by atoms with E-state index in [4.69, 9.17) is 23.2 Å². The third-order valence-corrected chi connectivity index (χ3v) is 4.17. The van der Waals surface area contributed by atoms with E-state index >= 15 is 0 Å². The van der Waals surface area contributed by atoms with Crippen LogP contribution in [0.1, 0.15) is 30.5 Å². The highest BCUT2D eigenvalue weighted by atomic mass is 35.5. The van der Waals surface area contributed by atoms with Gasteiger partial charge in [-0.1, -0.05) is 47.5 Å². The first-order valence-corrected chi connectivity index (χ1v) is 7.69. The molecule has 112 valence electrons. The van der Waals surface area contributed by atoms with Crippen LogP contribution < -0.4 is 0 Å². The van der Waals surface area contributed by atoms with Crippen LogP contribution in [0.3, 0.4) is 0 Å². The van der Waals surface area contributed by atoms with E-state index in [1.807, 2.05) is 48.5 Å². The Balaban J connectivity index is 1.92. The van der Waals surface area contributed by atoms with Crippen molar-refractivity contribution in [3.8, 4) is 0 Å². The Morgan fingerprint density at radius 2 is 1.59 bits per heavy atom. The Bertz CT molecular complexity index is 723. The first-order chi connectivity index (χ1) is 10.5. The van der Waals surface area contributed by atoms with Gasteiger partial charge in [0.25, 0.3) is 0 Å². The van der Waals surface area contributed by atoms with Crippen molar-refractivity contribution in [1.29, 1.82) is 0 Å². The molecule has 1 atom stereocenters. The molecule has 0 saturated heterocycles.